The van der Waals surface area contributed by atoms with Crippen molar-refractivity contribution in [2.45, 2.75) is 6.42 Å². The predicted molar refractivity (Wildman–Crippen MR) is 57.6 cm³/mol. The molecule has 0 unspecified atom stereocenters. The Balaban J connectivity index is 2.23. The van der Waals surface area contributed by atoms with Crippen LogP contribution < -0.4 is 0 Å². The molecular weight excluding hydrogens is 224 g/mol. The lowest BCUT2D eigenvalue weighted by Crippen LogP contribution is -1.85. The molecule has 0 saturated carbocycles. The largest absolute Gasteiger partial charge is 0.242 e. The number of hydrogen-bond donors (Lipinski definition) is 0. The molecule has 0 radical (unpaired) electrons. The molecular formula is C8H7ClN2S2. The van der Waals surface area contributed by atoms with E-state index in [0.29, 0.717) is 5.88 Å². The number of nitrogens with zero attached hydrogens (tertiary/aromatic N) is 2. The monoisotopic (exact) mass is 230 g/mol. The molecule has 2 heterocycles. The molecule has 0 spiro atoms. The summed E-state index contributed by atoms with van der Waals surface area (Å²) < 4.78 is 0. The number of aryl methyl sites for hydroxylation is 1. The summed E-state index contributed by atoms with van der Waals surface area (Å²) in [7, 11) is 0. The molecule has 0 saturated heterocycles. The van der Waals surface area contributed by atoms with Crippen LogP contribution in [0.4, 0.5) is 0 Å². The fourth-order valence-corrected chi connectivity index (χ4v) is 2.58. The third kappa shape index (κ3) is 2.07. The number of thiazole rings is 2. The van der Waals surface area contributed by atoms with Gasteiger partial charge in [0.2, 0.25) is 0 Å². The first-order valence-electron chi connectivity index (χ1n) is 3.79. The lowest BCUT2D eigenvalue weighted by molar-refractivity contribution is 1.07. The molecule has 0 aliphatic carbocycles. The van der Waals surface area contributed by atoms with E-state index in [4.69, 9.17) is 11.6 Å². The van der Waals surface area contributed by atoms with Crippen LogP contribution >= 0.6 is 34.3 Å². The fourth-order valence-electron chi connectivity index (χ4n) is 0.954. The molecule has 0 aliphatic heterocycles. The summed E-state index contributed by atoms with van der Waals surface area (Å²) in [5, 5.41) is 5.03. The van der Waals surface area contributed by atoms with Gasteiger partial charge in [0.1, 0.15) is 10.7 Å². The minimum Gasteiger partial charge on any atom is -0.242 e. The van der Waals surface area contributed by atoms with Gasteiger partial charge in [-0.15, -0.1) is 34.3 Å². The highest BCUT2D eigenvalue weighted by Crippen LogP contribution is 2.23. The van der Waals surface area contributed by atoms with Crippen LogP contribution in [0, 0.1) is 0 Å². The van der Waals surface area contributed by atoms with Gasteiger partial charge in [-0.2, -0.15) is 0 Å². The smallest absolute Gasteiger partial charge is 0.142 e. The zero-order valence-corrected chi connectivity index (χ0v) is 9.12. The average molecular weight is 231 g/mol. The highest BCUT2D eigenvalue weighted by molar-refractivity contribution is 7.13. The highest BCUT2D eigenvalue weighted by atomic mass is 35.5. The van der Waals surface area contributed by atoms with Crippen molar-refractivity contribution in [3.63, 3.8) is 0 Å². The van der Waals surface area contributed by atoms with Gasteiger partial charge < -0.3 is 0 Å². The molecule has 0 amide bonds. The second-order valence-electron chi connectivity index (χ2n) is 2.46. The summed E-state index contributed by atoms with van der Waals surface area (Å²) in [6.45, 7) is 0. The summed E-state index contributed by atoms with van der Waals surface area (Å²) in [6, 6.07) is 0. The number of hydrogen-bond acceptors (Lipinski definition) is 4. The quantitative estimate of drug-likeness (QED) is 0.758. The Bertz CT molecular complexity index is 369. The molecule has 0 aromatic carbocycles. The van der Waals surface area contributed by atoms with E-state index in [1.54, 1.807) is 22.7 Å². The summed E-state index contributed by atoms with van der Waals surface area (Å²) in [4.78, 5) is 8.61. The fraction of sp³-hybridized carbons (Fsp3) is 0.250. The normalized spacial score (nSPS) is 10.5. The lowest BCUT2D eigenvalue weighted by atomic mass is 10.4. The van der Waals surface area contributed by atoms with E-state index in [1.165, 1.54) is 0 Å². The maximum absolute atomic E-state index is 5.62. The van der Waals surface area contributed by atoms with E-state index in [-0.39, 0.29) is 0 Å². The topological polar surface area (TPSA) is 25.8 Å². The van der Waals surface area contributed by atoms with Crippen LogP contribution in [0.2, 0.25) is 0 Å². The van der Waals surface area contributed by atoms with E-state index < -0.39 is 0 Å². The molecule has 0 fully saturated rings. The van der Waals surface area contributed by atoms with Crippen LogP contribution in [0.3, 0.4) is 0 Å². The van der Waals surface area contributed by atoms with Gasteiger partial charge in [0.15, 0.2) is 0 Å². The molecule has 2 aromatic rings. The van der Waals surface area contributed by atoms with Crippen molar-refractivity contribution >= 4 is 34.3 Å². The zero-order valence-electron chi connectivity index (χ0n) is 6.74. The summed E-state index contributed by atoms with van der Waals surface area (Å²) in [5.74, 6) is 0.625. The molecule has 5 heteroatoms. The van der Waals surface area contributed by atoms with Crippen molar-refractivity contribution < 1.29 is 0 Å². The van der Waals surface area contributed by atoms with Crippen LogP contribution in [0.25, 0.3) is 10.7 Å². The standard InChI is InChI=1S/C8H7ClN2S2/c9-2-1-6-3-13-8(11-6)7-4-12-5-10-7/h3-5H,1-2H2. The SMILES string of the molecule is ClCCc1csc(-c2cscn2)n1. The van der Waals surface area contributed by atoms with Crippen molar-refractivity contribution in [2.75, 3.05) is 5.88 Å². The summed E-state index contributed by atoms with van der Waals surface area (Å²) in [5.41, 5.74) is 3.84. The first kappa shape index (κ1) is 9.12. The van der Waals surface area contributed by atoms with Crippen LogP contribution in [-0.4, -0.2) is 15.8 Å². The van der Waals surface area contributed by atoms with Gasteiger partial charge in [0.25, 0.3) is 0 Å². The maximum Gasteiger partial charge on any atom is 0.142 e. The van der Waals surface area contributed by atoms with Gasteiger partial charge in [0.05, 0.1) is 11.2 Å². The summed E-state index contributed by atoms with van der Waals surface area (Å²) >= 11 is 8.83. The Morgan fingerprint density at radius 1 is 1.38 bits per heavy atom. The van der Waals surface area contributed by atoms with E-state index in [9.17, 15) is 0 Å². The van der Waals surface area contributed by atoms with Gasteiger partial charge in [0, 0.05) is 23.1 Å². The zero-order chi connectivity index (χ0) is 9.10. The molecule has 68 valence electrons. The lowest BCUT2D eigenvalue weighted by Gasteiger charge is -1.87. The molecule has 2 nitrogen and oxygen atoms in total. The molecule has 0 atom stereocenters. The maximum atomic E-state index is 5.62. The van der Waals surface area contributed by atoms with Crippen molar-refractivity contribution in [1.29, 1.82) is 0 Å². The minimum absolute atomic E-state index is 0.625. The Labute approximate surface area is 89.2 Å². The second kappa shape index (κ2) is 4.17. The van der Waals surface area contributed by atoms with Crippen molar-refractivity contribution in [3.05, 3.63) is 22.0 Å². The van der Waals surface area contributed by atoms with E-state index in [1.807, 2.05) is 16.3 Å². The first-order valence-corrected chi connectivity index (χ1v) is 6.15. The van der Waals surface area contributed by atoms with Gasteiger partial charge in [-0.3, -0.25) is 0 Å². The minimum atomic E-state index is 0.625. The van der Waals surface area contributed by atoms with E-state index in [0.717, 1.165) is 22.8 Å². The number of alkyl halides is 1. The van der Waals surface area contributed by atoms with Crippen molar-refractivity contribution in [3.8, 4) is 10.7 Å². The van der Waals surface area contributed by atoms with Crippen LogP contribution in [0.15, 0.2) is 16.3 Å². The number of rotatable bonds is 3. The van der Waals surface area contributed by atoms with Gasteiger partial charge in [-0.1, -0.05) is 0 Å². The Morgan fingerprint density at radius 2 is 2.31 bits per heavy atom. The summed E-state index contributed by atoms with van der Waals surface area (Å²) in [6.07, 6.45) is 0.836. The first-order chi connectivity index (χ1) is 6.40. The van der Waals surface area contributed by atoms with Crippen molar-refractivity contribution in [2.24, 2.45) is 0 Å². The molecule has 0 aliphatic rings. The second-order valence-corrected chi connectivity index (χ2v) is 4.41. The number of halogens is 1. The molecule has 0 bridgehead atoms. The van der Waals surface area contributed by atoms with Gasteiger partial charge in [-0.25, -0.2) is 9.97 Å². The molecule has 0 N–H and O–H groups in total. The van der Waals surface area contributed by atoms with Crippen LogP contribution in [-0.2, 0) is 6.42 Å². The number of aromatic nitrogens is 2. The highest BCUT2D eigenvalue weighted by Gasteiger charge is 2.05. The van der Waals surface area contributed by atoms with Crippen molar-refractivity contribution in [1.82, 2.24) is 9.97 Å². The molecule has 13 heavy (non-hydrogen) atoms. The van der Waals surface area contributed by atoms with Crippen LogP contribution in [0.5, 0.6) is 0 Å². The Morgan fingerprint density at radius 3 is 3.00 bits per heavy atom. The third-order valence-corrected chi connectivity index (χ3v) is 3.24. The van der Waals surface area contributed by atoms with E-state index in [2.05, 4.69) is 9.97 Å². The average Bonchev–Trinajstić information content (AvgIpc) is 2.70. The molecule has 2 rings (SSSR count). The predicted octanol–water partition coefficient (Wildman–Crippen LogP) is 3.05. The van der Waals surface area contributed by atoms with Gasteiger partial charge in [-0.05, 0) is 0 Å². The molecule has 2 aromatic heterocycles. The Hall–Kier alpha value is -0.450. The van der Waals surface area contributed by atoms with Crippen LogP contribution in [0.1, 0.15) is 5.69 Å². The Kier molecular flexibility index (Phi) is 2.93. The van der Waals surface area contributed by atoms with Gasteiger partial charge >= 0.3 is 0 Å². The third-order valence-electron chi connectivity index (χ3n) is 1.55. The van der Waals surface area contributed by atoms with E-state index >= 15 is 0 Å².